The molecule has 2 saturated carbocycles. The predicted octanol–water partition coefficient (Wildman–Crippen LogP) is 3.64. The Labute approximate surface area is 117 Å². The van der Waals surface area contributed by atoms with Crippen molar-refractivity contribution in [3.63, 3.8) is 0 Å². The minimum absolute atomic E-state index is 0.137. The van der Waals surface area contributed by atoms with Crippen LogP contribution in [0.4, 0.5) is 39.5 Å². The van der Waals surface area contributed by atoms with Crippen LogP contribution < -0.4 is 0 Å². The van der Waals surface area contributed by atoms with Gasteiger partial charge in [0.15, 0.2) is 0 Å². The number of alkyl halides is 9. The Bertz CT molecular complexity index is 520. The first-order chi connectivity index (χ1) is 9.71. The Balaban J connectivity index is 2.18. The van der Waals surface area contributed by atoms with E-state index in [0.29, 0.717) is 0 Å². The van der Waals surface area contributed by atoms with Crippen molar-refractivity contribution < 1.29 is 44.6 Å². The molecule has 126 valence electrons. The van der Waals surface area contributed by atoms with Gasteiger partial charge in [-0.2, -0.15) is 26.3 Å². The smallest absolute Gasteiger partial charge is 0.371 e. The van der Waals surface area contributed by atoms with E-state index in [-0.39, 0.29) is 6.42 Å². The van der Waals surface area contributed by atoms with E-state index >= 15 is 0 Å². The highest BCUT2D eigenvalue weighted by atomic mass is 19.4. The van der Waals surface area contributed by atoms with Crippen LogP contribution in [0.3, 0.4) is 0 Å². The molecule has 3 aliphatic carbocycles. The molecule has 1 N–H and O–H groups in total. The minimum atomic E-state index is -6.63. The molecular formula is C12H9F9O. The standard InChI is InChI=1S/C12H9F9O/c13-8(10(22,11(16,17)18)12(19,20)21)6-4-1-2-5(3-4)7(6)9(8,14)15/h1-2,4-7,22H,3H2. The summed E-state index contributed by atoms with van der Waals surface area (Å²) in [7, 11) is 0. The summed E-state index contributed by atoms with van der Waals surface area (Å²) in [5.74, 6) is -11.2. The summed E-state index contributed by atoms with van der Waals surface area (Å²) in [5, 5.41) is 9.15. The van der Waals surface area contributed by atoms with Crippen molar-refractivity contribution in [2.75, 3.05) is 0 Å². The van der Waals surface area contributed by atoms with Crippen LogP contribution in [0, 0.1) is 23.7 Å². The SMILES string of the molecule is OC(C(F)(F)F)(C(F)(F)F)C1(F)C2C3C=CC(C3)C2C1(F)F. The number of allylic oxidation sites excluding steroid dienone is 2. The summed E-state index contributed by atoms with van der Waals surface area (Å²) in [5.41, 5.74) is -11.2. The first-order valence-corrected chi connectivity index (χ1v) is 6.32. The molecule has 0 spiro atoms. The molecule has 0 radical (unpaired) electrons. The first-order valence-electron chi connectivity index (χ1n) is 6.32. The second-order valence-corrected chi connectivity index (χ2v) is 6.04. The van der Waals surface area contributed by atoms with Crippen LogP contribution in [-0.2, 0) is 0 Å². The Morgan fingerprint density at radius 1 is 0.818 bits per heavy atom. The zero-order chi connectivity index (χ0) is 16.9. The van der Waals surface area contributed by atoms with Crippen LogP contribution in [-0.4, -0.2) is 34.7 Å². The monoisotopic (exact) mass is 340 g/mol. The Kier molecular flexibility index (Phi) is 2.72. The second-order valence-electron chi connectivity index (χ2n) is 6.04. The third-order valence-corrected chi connectivity index (χ3v) is 5.17. The molecule has 0 aromatic carbocycles. The lowest BCUT2D eigenvalue weighted by Gasteiger charge is -2.61. The summed E-state index contributed by atoms with van der Waals surface area (Å²) < 4.78 is 119. The van der Waals surface area contributed by atoms with E-state index < -0.39 is 53.2 Å². The van der Waals surface area contributed by atoms with Crippen molar-refractivity contribution in [1.82, 2.24) is 0 Å². The van der Waals surface area contributed by atoms with Crippen LogP contribution in [0.15, 0.2) is 12.2 Å². The molecule has 1 nitrogen and oxygen atoms in total. The predicted molar refractivity (Wildman–Crippen MR) is 53.6 cm³/mol. The third kappa shape index (κ3) is 1.34. The lowest BCUT2D eigenvalue weighted by Crippen LogP contribution is -2.85. The molecule has 5 unspecified atom stereocenters. The van der Waals surface area contributed by atoms with E-state index in [2.05, 4.69) is 0 Å². The van der Waals surface area contributed by atoms with Gasteiger partial charge in [0, 0.05) is 11.8 Å². The van der Waals surface area contributed by atoms with Crippen LogP contribution in [0.5, 0.6) is 0 Å². The van der Waals surface area contributed by atoms with Gasteiger partial charge < -0.3 is 5.11 Å². The molecule has 0 saturated heterocycles. The molecule has 0 heterocycles. The quantitative estimate of drug-likeness (QED) is 0.571. The molecule has 5 atom stereocenters. The molecule has 2 bridgehead atoms. The van der Waals surface area contributed by atoms with Crippen LogP contribution in [0.2, 0.25) is 0 Å². The van der Waals surface area contributed by atoms with E-state index in [9.17, 15) is 39.5 Å². The minimum Gasteiger partial charge on any atom is -0.371 e. The summed E-state index contributed by atoms with van der Waals surface area (Å²) in [6.07, 6.45) is -11.0. The van der Waals surface area contributed by atoms with E-state index in [0.717, 1.165) is 6.08 Å². The van der Waals surface area contributed by atoms with Crippen LogP contribution in [0.1, 0.15) is 6.42 Å². The van der Waals surface area contributed by atoms with Crippen molar-refractivity contribution in [2.45, 2.75) is 36.0 Å². The van der Waals surface area contributed by atoms with Gasteiger partial charge in [-0.15, -0.1) is 0 Å². The molecule has 2 fully saturated rings. The fourth-order valence-corrected chi connectivity index (χ4v) is 4.28. The average molecular weight is 340 g/mol. The highest BCUT2D eigenvalue weighted by molar-refractivity contribution is 5.36. The lowest BCUT2D eigenvalue weighted by molar-refractivity contribution is -0.467. The normalized spacial score (nSPS) is 43.2. The number of fused-ring (bicyclic) bond motifs is 5. The molecule has 0 amide bonds. The molecule has 0 aromatic heterocycles. The van der Waals surface area contributed by atoms with Crippen molar-refractivity contribution >= 4 is 0 Å². The maximum Gasteiger partial charge on any atom is 0.429 e. The lowest BCUT2D eigenvalue weighted by atomic mass is 9.49. The largest absolute Gasteiger partial charge is 0.429 e. The van der Waals surface area contributed by atoms with Crippen molar-refractivity contribution in [3.05, 3.63) is 12.2 Å². The highest BCUT2D eigenvalue weighted by Gasteiger charge is 2.96. The Morgan fingerprint density at radius 3 is 1.64 bits per heavy atom. The van der Waals surface area contributed by atoms with Crippen molar-refractivity contribution in [2.24, 2.45) is 23.7 Å². The van der Waals surface area contributed by atoms with Crippen molar-refractivity contribution in [3.8, 4) is 0 Å². The fourth-order valence-electron chi connectivity index (χ4n) is 4.28. The average Bonchev–Trinajstić information content (AvgIpc) is 2.92. The molecular weight excluding hydrogens is 331 g/mol. The van der Waals surface area contributed by atoms with Gasteiger partial charge in [0.25, 0.3) is 11.5 Å². The maximum atomic E-state index is 14.7. The van der Waals surface area contributed by atoms with Gasteiger partial charge in [0.1, 0.15) is 0 Å². The van der Waals surface area contributed by atoms with E-state index in [1.807, 2.05) is 0 Å². The molecule has 10 heteroatoms. The van der Waals surface area contributed by atoms with Gasteiger partial charge in [0.2, 0.25) is 5.67 Å². The van der Waals surface area contributed by atoms with E-state index in [1.165, 1.54) is 6.08 Å². The Morgan fingerprint density at radius 2 is 1.23 bits per heavy atom. The van der Waals surface area contributed by atoms with Crippen LogP contribution in [0.25, 0.3) is 0 Å². The highest BCUT2D eigenvalue weighted by Crippen LogP contribution is 2.76. The number of rotatable bonds is 1. The van der Waals surface area contributed by atoms with Gasteiger partial charge in [-0.1, -0.05) is 12.2 Å². The number of aliphatic hydroxyl groups is 1. The summed E-state index contributed by atoms with van der Waals surface area (Å²) >= 11 is 0. The zero-order valence-corrected chi connectivity index (χ0v) is 10.5. The van der Waals surface area contributed by atoms with Gasteiger partial charge in [-0.05, 0) is 18.3 Å². The first kappa shape index (κ1) is 15.9. The zero-order valence-electron chi connectivity index (χ0n) is 10.5. The van der Waals surface area contributed by atoms with Gasteiger partial charge in [-0.25, -0.2) is 13.2 Å². The van der Waals surface area contributed by atoms with Crippen LogP contribution >= 0.6 is 0 Å². The summed E-state index contributed by atoms with van der Waals surface area (Å²) in [6, 6.07) is 0. The number of hydrogen-bond donors (Lipinski definition) is 1. The molecule has 3 aliphatic rings. The van der Waals surface area contributed by atoms with Crippen molar-refractivity contribution in [1.29, 1.82) is 0 Å². The Hall–Kier alpha value is -0.930. The van der Waals surface area contributed by atoms with E-state index in [1.54, 1.807) is 0 Å². The van der Waals surface area contributed by atoms with Gasteiger partial charge >= 0.3 is 12.4 Å². The van der Waals surface area contributed by atoms with Gasteiger partial charge in [0.05, 0.1) is 0 Å². The summed E-state index contributed by atoms with van der Waals surface area (Å²) in [6.45, 7) is 0. The summed E-state index contributed by atoms with van der Waals surface area (Å²) in [4.78, 5) is 0. The van der Waals surface area contributed by atoms with Gasteiger partial charge in [-0.3, -0.25) is 0 Å². The third-order valence-electron chi connectivity index (χ3n) is 5.17. The maximum absolute atomic E-state index is 14.7. The second kappa shape index (κ2) is 3.76. The number of halogens is 9. The topological polar surface area (TPSA) is 20.2 Å². The molecule has 22 heavy (non-hydrogen) atoms. The number of hydrogen-bond acceptors (Lipinski definition) is 1. The fraction of sp³-hybridized carbons (Fsp3) is 0.833. The molecule has 3 rings (SSSR count). The molecule has 0 aromatic rings. The molecule has 0 aliphatic heterocycles. The van der Waals surface area contributed by atoms with E-state index in [4.69, 9.17) is 5.11 Å².